The van der Waals surface area contributed by atoms with Gasteiger partial charge in [0, 0.05) is 9.75 Å². The third-order valence-corrected chi connectivity index (χ3v) is 7.01. The molecule has 17 heavy (non-hydrogen) atoms. The molecule has 2 aromatic rings. The third kappa shape index (κ3) is 2.84. The second kappa shape index (κ2) is 5.53. The fraction of sp³-hybridized carbons (Fsp3) is 0.333. The van der Waals surface area contributed by atoms with Gasteiger partial charge in [-0.25, -0.2) is 0 Å². The van der Waals surface area contributed by atoms with Gasteiger partial charge in [-0.1, -0.05) is 0 Å². The van der Waals surface area contributed by atoms with Gasteiger partial charge in [-0.2, -0.15) is 0 Å². The Morgan fingerprint density at radius 1 is 1.00 bits per heavy atom. The van der Waals surface area contributed by atoms with Crippen LogP contribution in [0.1, 0.15) is 26.9 Å². The molecule has 0 unspecified atom stereocenters. The normalized spacial score (nSPS) is 11.4. The van der Waals surface area contributed by atoms with Crippen molar-refractivity contribution in [3.05, 3.63) is 40.6 Å². The molecule has 0 aliphatic rings. The fourth-order valence-electron chi connectivity index (χ4n) is 1.68. The topological polar surface area (TPSA) is 12.0 Å². The summed E-state index contributed by atoms with van der Waals surface area (Å²) in [6.45, 7) is 4.26. The Kier molecular flexibility index (Phi) is 4.47. The monoisotopic (exact) mass is 393 g/mol. The number of hydrogen-bond donors (Lipinski definition) is 1. The lowest BCUT2D eigenvalue weighted by Gasteiger charge is -2.12. The maximum Gasteiger partial charge on any atom is 0.0763 e. The molecular formula is C12H13Br2NS2. The molecule has 0 bridgehead atoms. The van der Waals surface area contributed by atoms with Gasteiger partial charge in [0.15, 0.2) is 0 Å². The summed E-state index contributed by atoms with van der Waals surface area (Å²) in [6.07, 6.45) is 0. The largest absolute Gasteiger partial charge is 0.308 e. The van der Waals surface area contributed by atoms with E-state index in [0.29, 0.717) is 6.04 Å². The predicted octanol–water partition coefficient (Wildman–Crippen LogP) is 5.26. The number of nitrogens with one attached hydrogen (secondary N) is 1. The molecule has 1 N–H and O–H groups in total. The van der Waals surface area contributed by atoms with E-state index < -0.39 is 0 Å². The molecule has 0 aliphatic carbocycles. The number of hydrogen-bond acceptors (Lipinski definition) is 3. The first-order chi connectivity index (χ1) is 8.02. The molecule has 0 amide bonds. The Labute approximate surface area is 127 Å². The summed E-state index contributed by atoms with van der Waals surface area (Å²) in [5.41, 5.74) is 2.61. The minimum atomic E-state index is 0.292. The van der Waals surface area contributed by atoms with Gasteiger partial charge < -0.3 is 5.32 Å². The predicted molar refractivity (Wildman–Crippen MR) is 84.4 cm³/mol. The molecule has 2 rings (SSSR count). The first kappa shape index (κ1) is 13.7. The van der Waals surface area contributed by atoms with Gasteiger partial charge in [0.25, 0.3) is 0 Å². The lowest BCUT2D eigenvalue weighted by molar-refractivity contribution is 0.715. The van der Waals surface area contributed by atoms with Crippen LogP contribution in [0.5, 0.6) is 0 Å². The minimum absolute atomic E-state index is 0.292. The number of aryl methyl sites for hydroxylation is 2. The van der Waals surface area contributed by atoms with E-state index in [0.717, 1.165) is 0 Å². The second-order valence-electron chi connectivity index (χ2n) is 3.93. The third-order valence-electron chi connectivity index (χ3n) is 2.61. The van der Waals surface area contributed by atoms with Crippen molar-refractivity contribution >= 4 is 54.5 Å². The zero-order chi connectivity index (χ0) is 12.6. The molecule has 92 valence electrons. The van der Waals surface area contributed by atoms with Crippen molar-refractivity contribution in [1.29, 1.82) is 0 Å². The number of rotatable bonds is 3. The molecule has 1 nitrogen and oxygen atoms in total. The standard InChI is InChI=1S/C12H13Br2NS2/c1-6-4-8(16-11(6)13)10(15-3)9-5-7(2)12(14)17-9/h4-5,10,15H,1-3H3. The Hall–Kier alpha value is 0.320. The molecule has 0 fully saturated rings. The Bertz CT molecular complexity index is 445. The zero-order valence-corrected chi connectivity index (χ0v) is 14.6. The molecule has 0 aromatic carbocycles. The molecule has 0 spiro atoms. The van der Waals surface area contributed by atoms with E-state index in [9.17, 15) is 0 Å². The van der Waals surface area contributed by atoms with Crippen LogP contribution in [0, 0.1) is 13.8 Å². The highest BCUT2D eigenvalue weighted by molar-refractivity contribution is 9.11. The van der Waals surface area contributed by atoms with Crippen LogP contribution in [0.4, 0.5) is 0 Å². The Morgan fingerprint density at radius 2 is 1.41 bits per heavy atom. The summed E-state index contributed by atoms with van der Waals surface area (Å²) < 4.78 is 2.44. The van der Waals surface area contributed by atoms with Gasteiger partial charge >= 0.3 is 0 Å². The van der Waals surface area contributed by atoms with E-state index in [1.54, 1.807) is 22.7 Å². The van der Waals surface area contributed by atoms with Crippen molar-refractivity contribution in [2.75, 3.05) is 7.05 Å². The molecule has 0 saturated heterocycles. The lowest BCUT2D eigenvalue weighted by atomic mass is 10.1. The molecular weight excluding hydrogens is 382 g/mol. The summed E-state index contributed by atoms with van der Waals surface area (Å²) in [4.78, 5) is 2.70. The maximum absolute atomic E-state index is 3.59. The molecule has 0 radical (unpaired) electrons. The number of halogens is 2. The van der Waals surface area contributed by atoms with Crippen LogP contribution < -0.4 is 5.32 Å². The van der Waals surface area contributed by atoms with Crippen LogP contribution in [-0.2, 0) is 0 Å². The van der Waals surface area contributed by atoms with E-state index in [1.807, 2.05) is 7.05 Å². The second-order valence-corrected chi connectivity index (χ2v) is 8.74. The first-order valence-electron chi connectivity index (χ1n) is 5.22. The highest BCUT2D eigenvalue weighted by Gasteiger charge is 2.18. The summed E-state index contributed by atoms with van der Waals surface area (Å²) in [6, 6.07) is 4.79. The zero-order valence-electron chi connectivity index (χ0n) is 9.80. The molecule has 0 aliphatic heterocycles. The van der Waals surface area contributed by atoms with Crippen LogP contribution in [0.15, 0.2) is 19.7 Å². The summed E-state index contributed by atoms with van der Waals surface area (Å²) in [7, 11) is 2.01. The lowest BCUT2D eigenvalue weighted by Crippen LogP contribution is -2.15. The van der Waals surface area contributed by atoms with Gasteiger partial charge in [-0.3, -0.25) is 0 Å². The van der Waals surface area contributed by atoms with E-state index in [2.05, 4.69) is 63.2 Å². The van der Waals surface area contributed by atoms with Gasteiger partial charge in [0.2, 0.25) is 0 Å². The quantitative estimate of drug-likeness (QED) is 0.748. The highest BCUT2D eigenvalue weighted by Crippen LogP contribution is 2.38. The van der Waals surface area contributed by atoms with E-state index >= 15 is 0 Å². The van der Waals surface area contributed by atoms with Crippen LogP contribution in [-0.4, -0.2) is 7.05 Å². The van der Waals surface area contributed by atoms with Gasteiger partial charge in [-0.05, 0) is 76.0 Å². The van der Waals surface area contributed by atoms with Crippen LogP contribution >= 0.6 is 54.5 Å². The SMILES string of the molecule is CNC(c1cc(C)c(Br)s1)c1cc(C)c(Br)s1. The van der Waals surface area contributed by atoms with Gasteiger partial charge in [0.1, 0.15) is 0 Å². The number of thiophene rings is 2. The average Bonchev–Trinajstić information content (AvgIpc) is 2.75. The molecule has 0 saturated carbocycles. The van der Waals surface area contributed by atoms with Crippen LogP contribution in [0.25, 0.3) is 0 Å². The minimum Gasteiger partial charge on any atom is -0.308 e. The summed E-state index contributed by atoms with van der Waals surface area (Å²) in [5, 5.41) is 3.39. The first-order valence-corrected chi connectivity index (χ1v) is 8.43. The molecule has 2 aromatic heterocycles. The van der Waals surface area contributed by atoms with Crippen molar-refractivity contribution in [3.63, 3.8) is 0 Å². The van der Waals surface area contributed by atoms with Crippen molar-refractivity contribution in [3.8, 4) is 0 Å². The smallest absolute Gasteiger partial charge is 0.0763 e. The van der Waals surface area contributed by atoms with Gasteiger partial charge in [-0.15, -0.1) is 22.7 Å². The highest BCUT2D eigenvalue weighted by atomic mass is 79.9. The summed E-state index contributed by atoms with van der Waals surface area (Å²) >= 11 is 10.8. The fourth-order valence-corrected chi connectivity index (χ4v) is 5.15. The Morgan fingerprint density at radius 3 is 1.65 bits per heavy atom. The van der Waals surface area contributed by atoms with Crippen molar-refractivity contribution < 1.29 is 0 Å². The van der Waals surface area contributed by atoms with Gasteiger partial charge in [0.05, 0.1) is 13.6 Å². The van der Waals surface area contributed by atoms with Crippen molar-refractivity contribution in [2.45, 2.75) is 19.9 Å². The van der Waals surface area contributed by atoms with E-state index in [1.165, 1.54) is 28.5 Å². The van der Waals surface area contributed by atoms with Crippen molar-refractivity contribution in [2.24, 2.45) is 0 Å². The van der Waals surface area contributed by atoms with Crippen LogP contribution in [0.3, 0.4) is 0 Å². The van der Waals surface area contributed by atoms with E-state index in [-0.39, 0.29) is 0 Å². The van der Waals surface area contributed by atoms with Crippen molar-refractivity contribution in [1.82, 2.24) is 5.32 Å². The molecule has 2 heterocycles. The maximum atomic E-state index is 3.59. The summed E-state index contributed by atoms with van der Waals surface area (Å²) in [5.74, 6) is 0. The average molecular weight is 395 g/mol. The van der Waals surface area contributed by atoms with Crippen LogP contribution in [0.2, 0.25) is 0 Å². The van der Waals surface area contributed by atoms with E-state index in [4.69, 9.17) is 0 Å². The Balaban J connectivity index is 2.39. The molecule has 0 atom stereocenters. The molecule has 5 heteroatoms.